The van der Waals surface area contributed by atoms with Gasteiger partial charge in [0.05, 0.1) is 24.8 Å². The smallest absolute Gasteiger partial charge is 0.295 e. The van der Waals surface area contributed by atoms with Gasteiger partial charge in [-0.15, -0.1) is 0 Å². The summed E-state index contributed by atoms with van der Waals surface area (Å²) in [5, 5.41) is 11.3. The van der Waals surface area contributed by atoms with Crippen molar-refractivity contribution in [1.82, 2.24) is 4.90 Å². The second-order valence-corrected chi connectivity index (χ2v) is 8.89. The van der Waals surface area contributed by atoms with Crippen molar-refractivity contribution in [2.24, 2.45) is 0 Å². The lowest BCUT2D eigenvalue weighted by atomic mass is 9.94. The number of hydrogen-bond donors (Lipinski definition) is 1. The number of rotatable bonds is 8. The summed E-state index contributed by atoms with van der Waals surface area (Å²) in [6.45, 7) is 1.24. The lowest BCUT2D eigenvalue weighted by molar-refractivity contribution is -0.140. The van der Waals surface area contributed by atoms with E-state index in [2.05, 4.69) is 0 Å². The zero-order chi connectivity index (χ0) is 25.9. The molecule has 3 aromatic rings. The summed E-state index contributed by atoms with van der Waals surface area (Å²) in [5.74, 6) is -0.649. The number of carbonyl (C=O) groups excluding carboxylic acids is 2. The number of aliphatic hydroxyl groups is 1. The van der Waals surface area contributed by atoms with E-state index in [1.807, 2.05) is 0 Å². The van der Waals surface area contributed by atoms with Crippen LogP contribution >= 0.6 is 0 Å². The third kappa shape index (κ3) is 4.93. The largest absolute Gasteiger partial charge is 0.507 e. The van der Waals surface area contributed by atoms with Gasteiger partial charge in [-0.2, -0.15) is 0 Å². The fraction of sp³-hybridized carbons (Fsp3) is 0.241. The molecule has 1 saturated heterocycles. The van der Waals surface area contributed by atoms with Crippen LogP contribution in [0.15, 0.2) is 72.3 Å². The molecule has 2 aliphatic heterocycles. The highest BCUT2D eigenvalue weighted by atomic mass is 19.1. The molecule has 1 N–H and O–H groups in total. The molecular formula is C29H26FNO6. The summed E-state index contributed by atoms with van der Waals surface area (Å²) < 4.78 is 29.6. The predicted octanol–water partition coefficient (Wildman–Crippen LogP) is 4.41. The Bertz CT molecular complexity index is 1350. The fourth-order valence-electron chi connectivity index (χ4n) is 4.63. The molecule has 1 fully saturated rings. The van der Waals surface area contributed by atoms with Crippen LogP contribution < -0.4 is 9.47 Å². The Morgan fingerprint density at radius 3 is 2.57 bits per heavy atom. The number of methoxy groups -OCH3 is 1. The Labute approximate surface area is 213 Å². The van der Waals surface area contributed by atoms with E-state index in [-0.39, 0.29) is 36.9 Å². The maximum atomic E-state index is 13.1. The van der Waals surface area contributed by atoms with E-state index in [9.17, 15) is 19.1 Å². The molecule has 7 nitrogen and oxygen atoms in total. The van der Waals surface area contributed by atoms with E-state index >= 15 is 0 Å². The molecule has 5 rings (SSSR count). The molecule has 1 unspecified atom stereocenters. The van der Waals surface area contributed by atoms with Crippen LogP contribution in [0.3, 0.4) is 0 Å². The van der Waals surface area contributed by atoms with Crippen LogP contribution in [0, 0.1) is 5.82 Å². The maximum Gasteiger partial charge on any atom is 0.295 e. The zero-order valence-corrected chi connectivity index (χ0v) is 20.3. The van der Waals surface area contributed by atoms with Gasteiger partial charge in [-0.3, -0.25) is 9.59 Å². The zero-order valence-electron chi connectivity index (χ0n) is 20.3. The van der Waals surface area contributed by atoms with E-state index < -0.39 is 17.7 Å². The normalized spacial score (nSPS) is 18.1. The summed E-state index contributed by atoms with van der Waals surface area (Å²) in [4.78, 5) is 27.5. The molecule has 190 valence electrons. The molecule has 2 aliphatic rings. The number of benzene rings is 3. The monoisotopic (exact) mass is 503 g/mol. The van der Waals surface area contributed by atoms with Gasteiger partial charge in [0.25, 0.3) is 11.7 Å². The van der Waals surface area contributed by atoms with Crippen molar-refractivity contribution in [2.45, 2.75) is 19.1 Å². The molecule has 1 atom stereocenters. The van der Waals surface area contributed by atoms with Gasteiger partial charge in [-0.1, -0.05) is 24.3 Å². The van der Waals surface area contributed by atoms with Crippen LogP contribution in [0.25, 0.3) is 5.76 Å². The topological polar surface area (TPSA) is 85.3 Å². The average Bonchev–Trinajstić information content (AvgIpc) is 3.49. The highest BCUT2D eigenvalue weighted by molar-refractivity contribution is 6.46. The van der Waals surface area contributed by atoms with Crippen LogP contribution in [-0.4, -0.2) is 48.6 Å². The summed E-state index contributed by atoms with van der Waals surface area (Å²) >= 11 is 0. The summed E-state index contributed by atoms with van der Waals surface area (Å²) in [5.41, 5.74) is 2.89. The highest BCUT2D eigenvalue weighted by Gasteiger charge is 2.46. The molecule has 3 aromatic carbocycles. The van der Waals surface area contributed by atoms with Crippen molar-refractivity contribution in [1.29, 1.82) is 0 Å². The van der Waals surface area contributed by atoms with Gasteiger partial charge in [-0.05, 0) is 59.2 Å². The molecule has 0 aliphatic carbocycles. The first-order chi connectivity index (χ1) is 18.0. The number of fused-ring (bicyclic) bond motifs is 1. The second kappa shape index (κ2) is 10.4. The van der Waals surface area contributed by atoms with Gasteiger partial charge in [-0.25, -0.2) is 4.39 Å². The van der Waals surface area contributed by atoms with Gasteiger partial charge in [0, 0.05) is 25.6 Å². The number of ether oxygens (including phenoxy) is 3. The fourth-order valence-corrected chi connectivity index (χ4v) is 4.63. The van der Waals surface area contributed by atoms with E-state index in [1.165, 1.54) is 24.1 Å². The van der Waals surface area contributed by atoms with Crippen molar-refractivity contribution >= 4 is 17.4 Å². The Hall–Kier alpha value is -4.17. The van der Waals surface area contributed by atoms with Crippen LogP contribution in [0.2, 0.25) is 0 Å². The van der Waals surface area contributed by atoms with Crippen molar-refractivity contribution in [3.05, 3.63) is 100 Å². The highest BCUT2D eigenvalue weighted by Crippen LogP contribution is 2.40. The van der Waals surface area contributed by atoms with Crippen molar-refractivity contribution < 1.29 is 33.3 Å². The minimum Gasteiger partial charge on any atom is -0.507 e. The molecule has 8 heteroatoms. The van der Waals surface area contributed by atoms with Crippen LogP contribution in [0.5, 0.6) is 11.5 Å². The van der Waals surface area contributed by atoms with Gasteiger partial charge >= 0.3 is 0 Å². The lowest BCUT2D eigenvalue weighted by Crippen LogP contribution is -2.32. The first-order valence-electron chi connectivity index (χ1n) is 12.0. The van der Waals surface area contributed by atoms with Crippen molar-refractivity contribution in [2.75, 3.05) is 26.9 Å². The second-order valence-electron chi connectivity index (χ2n) is 8.89. The molecule has 0 aromatic heterocycles. The summed E-state index contributed by atoms with van der Waals surface area (Å²) in [7, 11) is 1.52. The third-order valence-corrected chi connectivity index (χ3v) is 6.55. The number of aliphatic hydroxyl groups excluding tert-OH is 1. The Morgan fingerprint density at radius 2 is 1.84 bits per heavy atom. The lowest BCUT2D eigenvalue weighted by Gasteiger charge is -2.25. The SMILES string of the molecule is COCCN1C(=O)C(=O)/C(=C(\O)c2ccc3c(c2)CCO3)C1c1ccc(OCc2ccc(F)cc2)cc1. The predicted molar refractivity (Wildman–Crippen MR) is 134 cm³/mol. The molecule has 2 heterocycles. The van der Waals surface area contributed by atoms with E-state index in [1.54, 1.807) is 54.6 Å². The minimum atomic E-state index is -0.786. The average molecular weight is 504 g/mol. The Kier molecular flexibility index (Phi) is 6.92. The molecule has 0 saturated carbocycles. The van der Waals surface area contributed by atoms with E-state index in [4.69, 9.17) is 14.2 Å². The summed E-state index contributed by atoms with van der Waals surface area (Å²) in [6, 6.07) is 17.5. The van der Waals surface area contributed by atoms with Crippen LogP contribution in [0.4, 0.5) is 4.39 Å². The molecule has 0 bridgehead atoms. The van der Waals surface area contributed by atoms with Gasteiger partial charge in [0.15, 0.2) is 0 Å². The van der Waals surface area contributed by atoms with E-state index in [0.29, 0.717) is 29.9 Å². The maximum absolute atomic E-state index is 13.1. The van der Waals surface area contributed by atoms with Gasteiger partial charge in [0.2, 0.25) is 0 Å². The van der Waals surface area contributed by atoms with Crippen molar-refractivity contribution in [3.63, 3.8) is 0 Å². The van der Waals surface area contributed by atoms with Gasteiger partial charge < -0.3 is 24.2 Å². The number of ketones is 1. The first kappa shape index (κ1) is 24.5. The summed E-state index contributed by atoms with van der Waals surface area (Å²) in [6.07, 6.45) is 0.710. The van der Waals surface area contributed by atoms with Crippen LogP contribution in [0.1, 0.15) is 28.3 Å². The number of likely N-dealkylation sites (tertiary alicyclic amines) is 1. The molecule has 0 spiro atoms. The number of hydrogen-bond acceptors (Lipinski definition) is 6. The number of nitrogens with zero attached hydrogens (tertiary/aromatic N) is 1. The van der Waals surface area contributed by atoms with E-state index in [0.717, 1.165) is 16.9 Å². The number of Topliss-reactive ketones (excluding diaryl/α,β-unsaturated/α-hetero) is 1. The third-order valence-electron chi connectivity index (χ3n) is 6.55. The number of carbonyl (C=O) groups is 2. The molecule has 0 radical (unpaired) electrons. The number of amides is 1. The first-order valence-corrected chi connectivity index (χ1v) is 12.0. The minimum absolute atomic E-state index is 0.0277. The molecule has 1 amide bonds. The number of halogens is 1. The van der Waals surface area contributed by atoms with Crippen LogP contribution in [-0.2, 0) is 27.4 Å². The standard InChI is InChI=1S/C29H26FNO6/c1-35-15-13-31-26(19-4-9-23(10-5-19)37-17-18-2-7-22(30)8-3-18)25(28(33)29(31)34)27(32)21-6-11-24-20(16-21)12-14-36-24/h2-11,16,26,32H,12-15,17H2,1H3/b27-25-. The quantitative estimate of drug-likeness (QED) is 0.279. The Morgan fingerprint density at radius 1 is 1.08 bits per heavy atom. The van der Waals surface area contributed by atoms with Gasteiger partial charge in [0.1, 0.15) is 29.7 Å². The van der Waals surface area contributed by atoms with Crippen molar-refractivity contribution in [3.8, 4) is 11.5 Å². The molecular weight excluding hydrogens is 477 g/mol. The molecule has 37 heavy (non-hydrogen) atoms. The Balaban J connectivity index is 1.46.